The minimum absolute atomic E-state index is 0.233. The number of phenols is 1. The Hall–Kier alpha value is -2.60. The Morgan fingerprint density at radius 3 is 2.67 bits per heavy atom. The van der Waals surface area contributed by atoms with Gasteiger partial charge in [0.05, 0.1) is 4.92 Å². The lowest BCUT2D eigenvalue weighted by atomic mass is 10.1. The number of nitro groups is 1. The SMILES string of the molecule is O=C(Nc1c(O)cccc1[N+](=O)[O-])c1cccc(CCl)c1. The summed E-state index contributed by atoms with van der Waals surface area (Å²) in [7, 11) is 0. The second-order valence-electron chi connectivity index (χ2n) is 4.22. The molecule has 2 aromatic carbocycles. The van der Waals surface area contributed by atoms with Gasteiger partial charge in [0, 0.05) is 17.5 Å². The smallest absolute Gasteiger partial charge is 0.296 e. The van der Waals surface area contributed by atoms with Crippen LogP contribution in [0, 0.1) is 10.1 Å². The molecule has 0 aromatic heterocycles. The lowest BCUT2D eigenvalue weighted by Crippen LogP contribution is -2.13. The molecule has 0 fully saturated rings. The van der Waals surface area contributed by atoms with E-state index in [4.69, 9.17) is 11.6 Å². The Morgan fingerprint density at radius 2 is 2.00 bits per heavy atom. The van der Waals surface area contributed by atoms with Crippen LogP contribution in [-0.4, -0.2) is 15.9 Å². The molecule has 6 nitrogen and oxygen atoms in total. The van der Waals surface area contributed by atoms with Gasteiger partial charge in [-0.15, -0.1) is 11.6 Å². The number of hydrogen-bond acceptors (Lipinski definition) is 4. The highest BCUT2D eigenvalue weighted by atomic mass is 35.5. The van der Waals surface area contributed by atoms with Gasteiger partial charge in [0.15, 0.2) is 5.69 Å². The van der Waals surface area contributed by atoms with Gasteiger partial charge in [-0.2, -0.15) is 0 Å². The summed E-state index contributed by atoms with van der Waals surface area (Å²) in [4.78, 5) is 22.4. The topological polar surface area (TPSA) is 92.5 Å². The van der Waals surface area contributed by atoms with Gasteiger partial charge in [-0.1, -0.05) is 18.2 Å². The molecular weight excluding hydrogens is 296 g/mol. The number of nitrogens with zero attached hydrogens (tertiary/aromatic N) is 1. The molecule has 21 heavy (non-hydrogen) atoms. The van der Waals surface area contributed by atoms with Crippen molar-refractivity contribution < 1.29 is 14.8 Å². The van der Waals surface area contributed by atoms with E-state index in [0.717, 1.165) is 5.56 Å². The zero-order valence-corrected chi connectivity index (χ0v) is 11.5. The summed E-state index contributed by atoms with van der Waals surface area (Å²) in [6.07, 6.45) is 0. The Bertz CT molecular complexity index is 703. The Morgan fingerprint density at radius 1 is 1.29 bits per heavy atom. The Kier molecular flexibility index (Phi) is 4.39. The Balaban J connectivity index is 2.33. The van der Waals surface area contributed by atoms with Crippen molar-refractivity contribution in [1.29, 1.82) is 0 Å². The van der Waals surface area contributed by atoms with Crippen molar-refractivity contribution >= 4 is 28.9 Å². The molecule has 0 radical (unpaired) electrons. The number of carbonyl (C=O) groups is 1. The third-order valence-electron chi connectivity index (χ3n) is 2.80. The zero-order chi connectivity index (χ0) is 15.4. The molecule has 2 N–H and O–H groups in total. The number of nitro benzene ring substituents is 1. The normalized spacial score (nSPS) is 10.1. The molecule has 2 aromatic rings. The standard InChI is InChI=1S/C14H11ClN2O4/c15-8-9-3-1-4-10(7-9)14(19)16-13-11(17(20)21)5-2-6-12(13)18/h1-7,18H,8H2,(H,16,19). The number of nitrogens with one attached hydrogen (secondary N) is 1. The molecular formula is C14H11ClN2O4. The first-order valence-corrected chi connectivity index (χ1v) is 6.49. The van der Waals surface area contributed by atoms with Crippen LogP contribution in [0.15, 0.2) is 42.5 Å². The maximum Gasteiger partial charge on any atom is 0.296 e. The molecule has 0 aliphatic heterocycles. The molecule has 0 heterocycles. The van der Waals surface area contributed by atoms with Crippen LogP contribution >= 0.6 is 11.6 Å². The quantitative estimate of drug-likeness (QED) is 0.392. The molecule has 108 valence electrons. The number of aromatic hydroxyl groups is 1. The van der Waals surface area contributed by atoms with Crippen molar-refractivity contribution in [2.75, 3.05) is 5.32 Å². The lowest BCUT2D eigenvalue weighted by Gasteiger charge is -2.08. The average molecular weight is 307 g/mol. The van der Waals surface area contributed by atoms with Gasteiger partial charge in [-0.25, -0.2) is 0 Å². The summed E-state index contributed by atoms with van der Waals surface area (Å²) in [5, 5.41) is 23.0. The van der Waals surface area contributed by atoms with E-state index < -0.39 is 10.8 Å². The van der Waals surface area contributed by atoms with E-state index in [1.54, 1.807) is 24.3 Å². The highest BCUT2D eigenvalue weighted by Gasteiger charge is 2.20. The molecule has 0 aliphatic carbocycles. The van der Waals surface area contributed by atoms with Gasteiger partial charge in [-0.3, -0.25) is 14.9 Å². The number of alkyl halides is 1. The van der Waals surface area contributed by atoms with Crippen LogP contribution in [0.5, 0.6) is 5.75 Å². The largest absolute Gasteiger partial charge is 0.505 e. The molecule has 0 saturated heterocycles. The highest BCUT2D eigenvalue weighted by molar-refractivity contribution is 6.17. The summed E-state index contributed by atoms with van der Waals surface area (Å²) < 4.78 is 0. The summed E-state index contributed by atoms with van der Waals surface area (Å²) in [6, 6.07) is 10.3. The van der Waals surface area contributed by atoms with E-state index in [-0.39, 0.29) is 23.0 Å². The van der Waals surface area contributed by atoms with E-state index in [1.807, 2.05) is 0 Å². The fourth-order valence-corrected chi connectivity index (χ4v) is 1.96. The van der Waals surface area contributed by atoms with Crippen LogP contribution in [0.2, 0.25) is 0 Å². The molecule has 2 rings (SSSR count). The van der Waals surface area contributed by atoms with E-state index in [0.29, 0.717) is 5.56 Å². The molecule has 0 saturated carbocycles. The van der Waals surface area contributed by atoms with E-state index in [9.17, 15) is 20.0 Å². The first-order valence-electron chi connectivity index (χ1n) is 5.95. The Labute approximate surface area is 125 Å². The summed E-state index contributed by atoms with van der Waals surface area (Å²) in [5.74, 6) is -0.685. The minimum Gasteiger partial charge on any atom is -0.505 e. The van der Waals surface area contributed by atoms with Crippen molar-refractivity contribution in [2.24, 2.45) is 0 Å². The van der Waals surface area contributed by atoms with Crippen LogP contribution in [0.1, 0.15) is 15.9 Å². The van der Waals surface area contributed by atoms with Gasteiger partial charge in [0.25, 0.3) is 11.6 Å². The predicted octanol–water partition coefficient (Wildman–Crippen LogP) is 3.29. The minimum atomic E-state index is -0.676. The number of halogens is 1. The van der Waals surface area contributed by atoms with Gasteiger partial charge >= 0.3 is 0 Å². The van der Waals surface area contributed by atoms with Crippen LogP contribution in [0.3, 0.4) is 0 Å². The zero-order valence-electron chi connectivity index (χ0n) is 10.7. The molecule has 7 heteroatoms. The number of amides is 1. The van der Waals surface area contributed by atoms with Crippen LogP contribution in [0.4, 0.5) is 11.4 Å². The number of hydrogen-bond donors (Lipinski definition) is 2. The molecule has 1 amide bonds. The number of anilines is 1. The first-order chi connectivity index (χ1) is 10.0. The summed E-state index contributed by atoms with van der Waals surface area (Å²) in [5.41, 5.74) is 0.433. The number of para-hydroxylation sites is 1. The van der Waals surface area contributed by atoms with Crippen LogP contribution < -0.4 is 5.32 Å². The first kappa shape index (κ1) is 14.8. The van der Waals surface area contributed by atoms with Crippen molar-refractivity contribution in [1.82, 2.24) is 0 Å². The maximum absolute atomic E-state index is 12.1. The highest BCUT2D eigenvalue weighted by Crippen LogP contribution is 2.33. The van der Waals surface area contributed by atoms with Crippen LogP contribution in [0.25, 0.3) is 0 Å². The van der Waals surface area contributed by atoms with Crippen molar-refractivity contribution in [3.8, 4) is 5.75 Å². The van der Waals surface area contributed by atoms with Crippen molar-refractivity contribution in [3.63, 3.8) is 0 Å². The maximum atomic E-state index is 12.1. The van der Waals surface area contributed by atoms with E-state index in [1.165, 1.54) is 18.2 Å². The fraction of sp³-hybridized carbons (Fsp3) is 0.0714. The molecule has 0 aliphatic rings. The third-order valence-corrected chi connectivity index (χ3v) is 3.11. The summed E-state index contributed by atoms with van der Waals surface area (Å²) >= 11 is 5.69. The molecule has 0 unspecified atom stereocenters. The number of rotatable bonds is 4. The number of benzene rings is 2. The van der Waals surface area contributed by atoms with E-state index >= 15 is 0 Å². The van der Waals surface area contributed by atoms with Gasteiger partial charge < -0.3 is 10.4 Å². The molecule has 0 spiro atoms. The monoisotopic (exact) mass is 306 g/mol. The van der Waals surface area contributed by atoms with E-state index in [2.05, 4.69) is 5.32 Å². The van der Waals surface area contributed by atoms with Crippen molar-refractivity contribution in [3.05, 3.63) is 63.7 Å². The van der Waals surface area contributed by atoms with Gasteiger partial charge in [0.2, 0.25) is 0 Å². The van der Waals surface area contributed by atoms with Crippen molar-refractivity contribution in [2.45, 2.75) is 5.88 Å². The molecule has 0 atom stereocenters. The van der Waals surface area contributed by atoms with Gasteiger partial charge in [0.1, 0.15) is 5.75 Å². The second-order valence-corrected chi connectivity index (χ2v) is 4.48. The molecule has 0 bridgehead atoms. The summed E-state index contributed by atoms with van der Waals surface area (Å²) in [6.45, 7) is 0. The lowest BCUT2D eigenvalue weighted by molar-refractivity contribution is -0.384. The predicted molar refractivity (Wildman–Crippen MR) is 78.7 cm³/mol. The second kappa shape index (κ2) is 6.23. The van der Waals surface area contributed by atoms with Gasteiger partial charge in [-0.05, 0) is 23.8 Å². The average Bonchev–Trinajstić information content (AvgIpc) is 2.49. The number of carbonyl (C=O) groups excluding carboxylic acids is 1. The number of phenolic OH excluding ortho intramolecular Hbond substituents is 1. The van der Waals surface area contributed by atoms with Crippen LogP contribution in [-0.2, 0) is 5.88 Å². The fourth-order valence-electron chi connectivity index (χ4n) is 1.79. The third kappa shape index (κ3) is 3.29.